The quantitative estimate of drug-likeness (QED) is 0.608. The summed E-state index contributed by atoms with van der Waals surface area (Å²) in [6.45, 7) is 0.666. The number of isothiocyanates is 1. The van der Waals surface area contributed by atoms with Gasteiger partial charge in [-0.25, -0.2) is 0 Å². The molecule has 8 heteroatoms. The maximum atomic E-state index is 12.8. The molecule has 2 heterocycles. The molecule has 17 heavy (non-hydrogen) atoms. The average molecular weight is 263 g/mol. The molecule has 0 spiro atoms. The van der Waals surface area contributed by atoms with Gasteiger partial charge < -0.3 is 4.74 Å². The summed E-state index contributed by atoms with van der Waals surface area (Å²) in [6.07, 6.45) is -3.96. The van der Waals surface area contributed by atoms with Crippen LogP contribution in [-0.2, 0) is 10.9 Å². The van der Waals surface area contributed by atoms with Gasteiger partial charge in [0.1, 0.15) is 5.69 Å². The van der Waals surface area contributed by atoms with E-state index in [1.807, 2.05) is 5.16 Å². The predicted molar refractivity (Wildman–Crippen MR) is 56.4 cm³/mol. The van der Waals surface area contributed by atoms with Crippen LogP contribution in [0.25, 0.3) is 0 Å². The number of aliphatic imine (C=N–C) groups is 1. The van der Waals surface area contributed by atoms with Crippen molar-refractivity contribution in [2.75, 3.05) is 13.2 Å². The molecular formula is C9H8F3N3OS. The fraction of sp³-hybridized carbons (Fsp3) is 0.556. The molecule has 1 aromatic rings. The van der Waals surface area contributed by atoms with Crippen LogP contribution in [0.3, 0.4) is 0 Å². The summed E-state index contributed by atoms with van der Waals surface area (Å²) in [7, 11) is 0. The second-order valence-electron chi connectivity index (χ2n) is 3.55. The summed E-state index contributed by atoms with van der Waals surface area (Å²) < 4.78 is 44.3. The van der Waals surface area contributed by atoms with Gasteiger partial charge in [-0.05, 0) is 18.6 Å². The van der Waals surface area contributed by atoms with Crippen molar-refractivity contribution in [3.8, 4) is 0 Å². The Kier molecular flexibility index (Phi) is 3.28. The normalized spacial score (nSPS) is 20.3. The van der Waals surface area contributed by atoms with E-state index in [0.717, 1.165) is 10.7 Å². The molecule has 0 amide bonds. The van der Waals surface area contributed by atoms with Gasteiger partial charge in [0.05, 0.1) is 17.8 Å². The summed E-state index contributed by atoms with van der Waals surface area (Å²) in [5.41, 5.74) is -0.836. The second-order valence-corrected chi connectivity index (χ2v) is 3.73. The number of aromatic nitrogens is 2. The Morgan fingerprint density at radius 1 is 1.59 bits per heavy atom. The molecule has 0 unspecified atom stereocenters. The molecular weight excluding hydrogens is 255 g/mol. The first-order valence-corrected chi connectivity index (χ1v) is 5.25. The van der Waals surface area contributed by atoms with E-state index in [1.54, 1.807) is 0 Å². The number of thiocarbonyl (C=S) groups is 1. The number of hydrogen-bond acceptors (Lipinski definition) is 4. The molecule has 0 saturated carbocycles. The number of hydrogen-bond donors (Lipinski definition) is 0. The van der Waals surface area contributed by atoms with E-state index in [0.29, 0.717) is 13.0 Å². The van der Waals surface area contributed by atoms with Crippen LogP contribution in [0.2, 0.25) is 0 Å². The molecule has 0 aliphatic carbocycles. The molecule has 4 nitrogen and oxygen atoms in total. The van der Waals surface area contributed by atoms with Gasteiger partial charge in [-0.2, -0.15) is 23.3 Å². The van der Waals surface area contributed by atoms with E-state index in [-0.39, 0.29) is 12.4 Å². The van der Waals surface area contributed by atoms with Crippen molar-refractivity contribution in [1.29, 1.82) is 0 Å². The zero-order chi connectivity index (χ0) is 12.5. The van der Waals surface area contributed by atoms with Gasteiger partial charge in [0.15, 0.2) is 5.82 Å². The van der Waals surface area contributed by atoms with Gasteiger partial charge in [-0.15, -0.1) is 0 Å². The fourth-order valence-corrected chi connectivity index (χ4v) is 1.78. The Hall–Kier alpha value is -1.24. The number of rotatable bonds is 2. The number of nitrogens with zero attached hydrogens (tertiary/aromatic N) is 3. The lowest BCUT2D eigenvalue weighted by Gasteiger charge is -2.14. The van der Waals surface area contributed by atoms with Crippen molar-refractivity contribution < 1.29 is 17.9 Å². The van der Waals surface area contributed by atoms with E-state index in [1.165, 1.54) is 0 Å². The molecule has 0 bridgehead atoms. The zero-order valence-corrected chi connectivity index (χ0v) is 9.38. The van der Waals surface area contributed by atoms with Crippen LogP contribution >= 0.6 is 12.2 Å². The Labute approximate surface area is 100 Å². The lowest BCUT2D eigenvalue weighted by molar-refractivity contribution is -0.145. The van der Waals surface area contributed by atoms with E-state index in [9.17, 15) is 13.2 Å². The molecule has 1 fully saturated rings. The molecule has 2 rings (SSSR count). The maximum Gasteiger partial charge on any atom is 0.433 e. The van der Waals surface area contributed by atoms with E-state index in [4.69, 9.17) is 4.74 Å². The van der Waals surface area contributed by atoms with Crippen molar-refractivity contribution in [1.82, 2.24) is 9.78 Å². The molecule has 0 radical (unpaired) electrons. The predicted octanol–water partition coefficient (Wildman–Crippen LogP) is 2.60. The van der Waals surface area contributed by atoms with E-state index >= 15 is 0 Å². The fourth-order valence-electron chi connectivity index (χ4n) is 1.69. The zero-order valence-electron chi connectivity index (χ0n) is 8.57. The monoisotopic (exact) mass is 263 g/mol. The van der Waals surface area contributed by atoms with Crippen LogP contribution in [0.4, 0.5) is 19.0 Å². The van der Waals surface area contributed by atoms with Gasteiger partial charge in [0, 0.05) is 12.7 Å². The Morgan fingerprint density at radius 2 is 2.35 bits per heavy atom. The van der Waals surface area contributed by atoms with Crippen molar-refractivity contribution in [3.63, 3.8) is 0 Å². The smallest absolute Gasteiger partial charge is 0.379 e. The molecule has 92 valence electrons. The maximum absolute atomic E-state index is 12.8. The first-order chi connectivity index (χ1) is 8.02. The van der Waals surface area contributed by atoms with Gasteiger partial charge in [0.25, 0.3) is 0 Å². The minimum absolute atomic E-state index is 0.0841. The highest BCUT2D eigenvalue weighted by molar-refractivity contribution is 7.78. The van der Waals surface area contributed by atoms with Crippen LogP contribution in [0, 0.1) is 0 Å². The standard InChI is InChI=1S/C9H8F3N3OS/c10-9(11,12)7-3-8(13-5-17)14-15(7)6-1-2-16-4-6/h3,6H,1-2,4H2/t6-/m1/s1. The number of ether oxygens (including phenoxy) is 1. The van der Waals surface area contributed by atoms with Gasteiger partial charge >= 0.3 is 6.18 Å². The van der Waals surface area contributed by atoms with Gasteiger partial charge in [-0.1, -0.05) is 0 Å². The molecule has 1 aliphatic rings. The minimum atomic E-state index is -4.47. The molecule has 1 atom stereocenters. The highest BCUT2D eigenvalue weighted by atomic mass is 32.1. The van der Waals surface area contributed by atoms with Crippen LogP contribution in [0.5, 0.6) is 0 Å². The van der Waals surface area contributed by atoms with Crippen LogP contribution in [-0.4, -0.2) is 28.2 Å². The van der Waals surface area contributed by atoms with Crippen molar-refractivity contribution in [3.05, 3.63) is 11.8 Å². The molecule has 1 saturated heterocycles. The highest BCUT2D eigenvalue weighted by Gasteiger charge is 2.38. The van der Waals surface area contributed by atoms with Crippen LogP contribution in [0.15, 0.2) is 11.1 Å². The summed E-state index contributed by atoms with van der Waals surface area (Å²) in [5.74, 6) is -0.0841. The third-order valence-corrected chi connectivity index (χ3v) is 2.52. The minimum Gasteiger partial charge on any atom is -0.379 e. The average Bonchev–Trinajstić information content (AvgIpc) is 2.82. The van der Waals surface area contributed by atoms with Crippen LogP contribution < -0.4 is 0 Å². The number of halogens is 3. The van der Waals surface area contributed by atoms with E-state index in [2.05, 4.69) is 22.3 Å². The molecule has 1 aliphatic heterocycles. The Morgan fingerprint density at radius 3 is 2.88 bits per heavy atom. The first kappa shape index (κ1) is 12.2. The van der Waals surface area contributed by atoms with Gasteiger partial charge in [0.2, 0.25) is 0 Å². The topological polar surface area (TPSA) is 39.4 Å². The second kappa shape index (κ2) is 4.56. The summed E-state index contributed by atoms with van der Waals surface area (Å²) in [5, 5.41) is 5.77. The SMILES string of the molecule is FC(F)(F)c1cc(N=C=S)nn1[C@@H]1CCOC1. The summed E-state index contributed by atoms with van der Waals surface area (Å²) >= 11 is 4.34. The Balaban J connectivity index is 2.43. The van der Waals surface area contributed by atoms with Crippen molar-refractivity contribution >= 4 is 23.2 Å². The number of alkyl halides is 3. The van der Waals surface area contributed by atoms with Crippen molar-refractivity contribution in [2.45, 2.75) is 18.6 Å². The lowest BCUT2D eigenvalue weighted by atomic mass is 10.2. The third-order valence-electron chi connectivity index (χ3n) is 2.42. The van der Waals surface area contributed by atoms with Crippen LogP contribution in [0.1, 0.15) is 18.2 Å². The molecule has 0 aromatic carbocycles. The molecule has 0 N–H and O–H groups in total. The molecule has 1 aromatic heterocycles. The highest BCUT2D eigenvalue weighted by Crippen LogP contribution is 2.34. The van der Waals surface area contributed by atoms with E-state index < -0.39 is 17.9 Å². The van der Waals surface area contributed by atoms with Gasteiger partial charge in [-0.3, -0.25) is 4.68 Å². The lowest BCUT2D eigenvalue weighted by Crippen LogP contribution is -2.19. The summed E-state index contributed by atoms with van der Waals surface area (Å²) in [6, 6.07) is 0.457. The third kappa shape index (κ3) is 2.54. The largest absolute Gasteiger partial charge is 0.433 e. The van der Waals surface area contributed by atoms with Crippen molar-refractivity contribution in [2.24, 2.45) is 4.99 Å². The first-order valence-electron chi connectivity index (χ1n) is 4.84. The Bertz CT molecular complexity index is 459. The summed E-state index contributed by atoms with van der Waals surface area (Å²) in [4.78, 5) is 3.46.